The van der Waals surface area contributed by atoms with Crippen LogP contribution in [0.2, 0.25) is 0 Å². The molecule has 2 N–H and O–H groups in total. The molecule has 1 amide bonds. The zero-order valence-corrected chi connectivity index (χ0v) is 12.1. The maximum Gasteiger partial charge on any atom is 0.253 e. The minimum atomic E-state index is 0.109. The number of rotatable bonds is 2. The number of carbonyl (C=O) groups excluding carboxylic acids is 1. The molecule has 3 heteroatoms. The smallest absolute Gasteiger partial charge is 0.253 e. The van der Waals surface area contributed by atoms with Gasteiger partial charge in [-0.25, -0.2) is 0 Å². The van der Waals surface area contributed by atoms with E-state index in [0.717, 1.165) is 18.5 Å². The Hall–Kier alpha value is -1.35. The van der Waals surface area contributed by atoms with Crippen molar-refractivity contribution < 1.29 is 4.79 Å². The molecule has 0 saturated carbocycles. The van der Waals surface area contributed by atoms with Crippen molar-refractivity contribution in [3.8, 4) is 0 Å². The van der Waals surface area contributed by atoms with Crippen molar-refractivity contribution in [3.05, 3.63) is 35.4 Å². The summed E-state index contributed by atoms with van der Waals surface area (Å²) in [6, 6.07) is 8.07. The van der Waals surface area contributed by atoms with E-state index in [2.05, 4.69) is 20.8 Å². The van der Waals surface area contributed by atoms with Gasteiger partial charge in [0.25, 0.3) is 5.91 Å². The van der Waals surface area contributed by atoms with Crippen molar-refractivity contribution in [1.29, 1.82) is 0 Å². The average Bonchev–Trinajstić information content (AvgIpc) is 2.37. The highest BCUT2D eigenvalue weighted by atomic mass is 16.2. The fourth-order valence-corrected chi connectivity index (χ4v) is 2.76. The van der Waals surface area contributed by atoms with E-state index in [9.17, 15) is 4.79 Å². The molecule has 0 bridgehead atoms. The van der Waals surface area contributed by atoms with E-state index >= 15 is 0 Å². The molecular weight excluding hydrogens is 236 g/mol. The number of hydrogen-bond acceptors (Lipinski definition) is 2. The van der Waals surface area contributed by atoms with E-state index < -0.39 is 0 Å². The lowest BCUT2D eigenvalue weighted by atomic mass is 9.95. The second-order valence-corrected chi connectivity index (χ2v) is 6.09. The van der Waals surface area contributed by atoms with Gasteiger partial charge in [0.1, 0.15) is 0 Å². The first-order valence-corrected chi connectivity index (χ1v) is 7.12. The normalized spacial score (nSPS) is 23.7. The lowest BCUT2D eigenvalue weighted by Crippen LogP contribution is -2.48. The summed E-state index contributed by atoms with van der Waals surface area (Å²) in [6.07, 6.45) is 1.01. The highest BCUT2D eigenvalue weighted by Crippen LogP contribution is 2.19. The van der Waals surface area contributed by atoms with Gasteiger partial charge < -0.3 is 10.6 Å². The quantitative estimate of drug-likeness (QED) is 0.888. The van der Waals surface area contributed by atoms with Gasteiger partial charge in [-0.1, -0.05) is 32.9 Å². The Balaban J connectivity index is 2.10. The fourth-order valence-electron chi connectivity index (χ4n) is 2.76. The third kappa shape index (κ3) is 3.35. The first kappa shape index (κ1) is 14.1. The molecule has 0 spiro atoms. The summed E-state index contributed by atoms with van der Waals surface area (Å²) in [7, 11) is 0. The van der Waals surface area contributed by atoms with Gasteiger partial charge in [0.2, 0.25) is 0 Å². The average molecular weight is 260 g/mol. The number of hydrogen-bond donors (Lipinski definition) is 1. The van der Waals surface area contributed by atoms with Crippen molar-refractivity contribution in [3.63, 3.8) is 0 Å². The number of nitrogens with two attached hydrogens (primary N) is 1. The molecule has 1 saturated heterocycles. The molecule has 104 valence electrons. The number of carbonyl (C=O) groups is 1. The van der Waals surface area contributed by atoms with E-state index in [4.69, 9.17) is 5.73 Å². The van der Waals surface area contributed by atoms with Crippen LogP contribution >= 0.6 is 0 Å². The van der Waals surface area contributed by atoms with Gasteiger partial charge in [0, 0.05) is 24.7 Å². The highest BCUT2D eigenvalue weighted by molar-refractivity contribution is 5.94. The van der Waals surface area contributed by atoms with Crippen molar-refractivity contribution in [2.45, 2.75) is 39.2 Å². The van der Waals surface area contributed by atoms with Crippen LogP contribution in [0.25, 0.3) is 0 Å². The van der Waals surface area contributed by atoms with E-state index in [-0.39, 0.29) is 11.9 Å². The molecule has 0 aromatic heterocycles. The molecule has 2 rings (SSSR count). The van der Waals surface area contributed by atoms with Crippen molar-refractivity contribution >= 4 is 5.91 Å². The van der Waals surface area contributed by atoms with Crippen LogP contribution in [0.3, 0.4) is 0 Å². The van der Waals surface area contributed by atoms with Gasteiger partial charge >= 0.3 is 0 Å². The first-order valence-electron chi connectivity index (χ1n) is 7.12. The molecule has 1 heterocycles. The van der Waals surface area contributed by atoms with Crippen LogP contribution in [0.15, 0.2) is 24.3 Å². The fraction of sp³-hybridized carbons (Fsp3) is 0.562. The van der Waals surface area contributed by atoms with E-state index in [1.54, 1.807) is 0 Å². The predicted octanol–water partition coefficient (Wildman–Crippen LogP) is 2.62. The Morgan fingerprint density at radius 3 is 2.42 bits per heavy atom. The molecule has 1 aromatic rings. The lowest BCUT2D eigenvalue weighted by molar-refractivity contribution is 0.0661. The standard InChI is InChI=1S/C16H24N2O/c1-11(2)13-4-6-14(7-5-13)16(19)18-9-12(3)8-15(17)10-18/h4-7,11-12,15H,8-10,17H2,1-3H3. The van der Waals surface area contributed by atoms with Gasteiger partial charge in [-0.2, -0.15) is 0 Å². The van der Waals surface area contributed by atoms with Crippen LogP contribution in [0.5, 0.6) is 0 Å². The summed E-state index contributed by atoms with van der Waals surface area (Å²) in [5, 5.41) is 0. The third-order valence-electron chi connectivity index (χ3n) is 3.80. The van der Waals surface area contributed by atoms with Crippen molar-refractivity contribution in [2.24, 2.45) is 11.7 Å². The number of likely N-dealkylation sites (tertiary alicyclic amines) is 1. The predicted molar refractivity (Wildman–Crippen MR) is 78.2 cm³/mol. The molecule has 1 aromatic carbocycles. The highest BCUT2D eigenvalue weighted by Gasteiger charge is 2.26. The number of piperidine rings is 1. The minimum absolute atomic E-state index is 0.109. The van der Waals surface area contributed by atoms with Gasteiger partial charge in [-0.05, 0) is 36.0 Å². The molecule has 1 aliphatic heterocycles. The molecule has 2 unspecified atom stereocenters. The van der Waals surface area contributed by atoms with E-state index in [0.29, 0.717) is 18.4 Å². The zero-order valence-electron chi connectivity index (χ0n) is 12.1. The first-order chi connectivity index (χ1) is 8.97. The SMILES string of the molecule is CC1CC(N)CN(C(=O)c2ccc(C(C)C)cc2)C1. The molecule has 1 fully saturated rings. The summed E-state index contributed by atoms with van der Waals surface area (Å²) in [5.41, 5.74) is 8.03. The Kier molecular flexibility index (Phi) is 4.25. The summed E-state index contributed by atoms with van der Waals surface area (Å²) < 4.78 is 0. The van der Waals surface area contributed by atoms with Crippen LogP contribution in [0, 0.1) is 5.92 Å². The van der Waals surface area contributed by atoms with E-state index in [1.807, 2.05) is 29.2 Å². The molecule has 19 heavy (non-hydrogen) atoms. The Morgan fingerprint density at radius 2 is 1.89 bits per heavy atom. The van der Waals surface area contributed by atoms with Gasteiger partial charge in [-0.15, -0.1) is 0 Å². The maximum absolute atomic E-state index is 12.4. The summed E-state index contributed by atoms with van der Waals surface area (Å²) in [5.74, 6) is 1.09. The van der Waals surface area contributed by atoms with Gasteiger partial charge in [0.15, 0.2) is 0 Å². The Labute approximate surface area is 115 Å². The molecule has 0 aliphatic carbocycles. The number of nitrogens with zero attached hydrogens (tertiary/aromatic N) is 1. The molecule has 0 radical (unpaired) electrons. The molecule has 2 atom stereocenters. The van der Waals surface area contributed by atoms with Crippen molar-refractivity contribution in [2.75, 3.05) is 13.1 Å². The largest absolute Gasteiger partial charge is 0.337 e. The van der Waals surface area contributed by atoms with Crippen LogP contribution in [0.4, 0.5) is 0 Å². The summed E-state index contributed by atoms with van der Waals surface area (Å²) in [4.78, 5) is 14.3. The molecular formula is C16H24N2O. The molecule has 3 nitrogen and oxygen atoms in total. The van der Waals surface area contributed by atoms with Gasteiger partial charge in [-0.3, -0.25) is 4.79 Å². The second-order valence-electron chi connectivity index (χ2n) is 6.09. The van der Waals surface area contributed by atoms with Crippen LogP contribution in [-0.4, -0.2) is 29.9 Å². The Morgan fingerprint density at radius 1 is 1.26 bits per heavy atom. The topological polar surface area (TPSA) is 46.3 Å². The van der Waals surface area contributed by atoms with Gasteiger partial charge in [0.05, 0.1) is 0 Å². The maximum atomic E-state index is 12.4. The lowest BCUT2D eigenvalue weighted by Gasteiger charge is -2.34. The summed E-state index contributed by atoms with van der Waals surface area (Å²) >= 11 is 0. The second kappa shape index (κ2) is 5.74. The van der Waals surface area contributed by atoms with Crippen LogP contribution in [-0.2, 0) is 0 Å². The van der Waals surface area contributed by atoms with Crippen molar-refractivity contribution in [1.82, 2.24) is 4.90 Å². The number of benzene rings is 1. The monoisotopic (exact) mass is 260 g/mol. The minimum Gasteiger partial charge on any atom is -0.337 e. The van der Waals surface area contributed by atoms with E-state index in [1.165, 1.54) is 5.56 Å². The third-order valence-corrected chi connectivity index (χ3v) is 3.80. The van der Waals surface area contributed by atoms with Crippen LogP contribution < -0.4 is 5.73 Å². The number of amides is 1. The molecule has 1 aliphatic rings. The zero-order chi connectivity index (χ0) is 14.0. The summed E-state index contributed by atoms with van der Waals surface area (Å²) in [6.45, 7) is 7.96. The van der Waals surface area contributed by atoms with Crippen LogP contribution in [0.1, 0.15) is 49.0 Å². The Bertz CT molecular complexity index is 429.